The molecule has 3 N–H and O–H groups in total. The van der Waals surface area contributed by atoms with E-state index in [0.717, 1.165) is 36.1 Å². The highest BCUT2D eigenvalue weighted by atomic mass is 19.4. The van der Waals surface area contributed by atoms with E-state index < -0.39 is 17.8 Å². The van der Waals surface area contributed by atoms with Gasteiger partial charge in [-0.3, -0.25) is 9.78 Å². The van der Waals surface area contributed by atoms with Crippen molar-refractivity contribution in [1.29, 1.82) is 0 Å². The molecule has 4 aromatic rings. The Morgan fingerprint density at radius 3 is 2.52 bits per heavy atom. The molecule has 0 unspecified atom stereocenters. The van der Waals surface area contributed by atoms with E-state index in [-0.39, 0.29) is 11.6 Å². The Balaban J connectivity index is 1.29. The van der Waals surface area contributed by atoms with Crippen LogP contribution in [0.1, 0.15) is 30.4 Å². The average Bonchev–Trinajstić information content (AvgIpc) is 3.44. The van der Waals surface area contributed by atoms with Gasteiger partial charge in [-0.25, -0.2) is 9.48 Å². The van der Waals surface area contributed by atoms with Crippen molar-refractivity contribution >= 4 is 29.0 Å². The van der Waals surface area contributed by atoms with E-state index in [4.69, 9.17) is 4.74 Å². The lowest BCUT2D eigenvalue weighted by molar-refractivity contribution is -0.137. The maximum absolute atomic E-state index is 13.0. The van der Waals surface area contributed by atoms with Gasteiger partial charge >= 0.3 is 12.2 Å². The molecule has 1 aliphatic rings. The lowest BCUT2D eigenvalue weighted by atomic mass is 9.96. The number of rotatable bonds is 7. The van der Waals surface area contributed by atoms with Crippen molar-refractivity contribution in [2.24, 2.45) is 5.92 Å². The summed E-state index contributed by atoms with van der Waals surface area (Å²) in [6, 6.07) is 10.6. The van der Waals surface area contributed by atoms with Crippen LogP contribution >= 0.6 is 0 Å². The monoisotopic (exact) mass is 578 g/mol. The summed E-state index contributed by atoms with van der Waals surface area (Å²) in [5, 5.41) is 12.6. The zero-order valence-electron chi connectivity index (χ0n) is 22.7. The minimum absolute atomic E-state index is 0.0125. The molecule has 1 aliphatic heterocycles. The molecule has 3 amide bonds. The summed E-state index contributed by atoms with van der Waals surface area (Å²) in [6.45, 7) is 3.23. The number of benzene rings is 2. The zero-order chi connectivity index (χ0) is 29.7. The molecule has 0 spiro atoms. The van der Waals surface area contributed by atoms with Gasteiger partial charge in [0.25, 0.3) is 0 Å². The third-order valence-corrected chi connectivity index (χ3v) is 6.97. The Hall–Kier alpha value is -4.71. The maximum Gasteiger partial charge on any atom is 0.416 e. The van der Waals surface area contributed by atoms with Crippen LogP contribution in [-0.2, 0) is 15.7 Å². The van der Waals surface area contributed by atoms with Gasteiger partial charge in [0.1, 0.15) is 0 Å². The second kappa shape index (κ2) is 12.4. The summed E-state index contributed by atoms with van der Waals surface area (Å²) >= 11 is 0. The zero-order valence-corrected chi connectivity index (χ0v) is 22.7. The van der Waals surface area contributed by atoms with Crippen molar-refractivity contribution in [3.05, 3.63) is 84.4 Å². The third kappa shape index (κ3) is 7.13. The van der Waals surface area contributed by atoms with Crippen LogP contribution < -0.4 is 16.0 Å². The summed E-state index contributed by atoms with van der Waals surface area (Å²) in [5.41, 5.74) is 3.17. The van der Waals surface area contributed by atoms with Crippen LogP contribution in [0, 0.1) is 12.8 Å². The highest BCUT2D eigenvalue weighted by molar-refractivity contribution is 6.00. The number of urea groups is 1. The molecule has 3 heterocycles. The van der Waals surface area contributed by atoms with Gasteiger partial charge in [-0.05, 0) is 67.6 Å². The predicted octanol–water partition coefficient (Wildman–Crippen LogP) is 6.66. The largest absolute Gasteiger partial charge is 0.416 e. The number of carbonyl (C=O) groups excluding carboxylic acids is 2. The molecule has 12 heteroatoms. The van der Waals surface area contributed by atoms with Crippen LogP contribution in [0.15, 0.2) is 73.3 Å². The molecular weight excluding hydrogens is 549 g/mol. The standard InChI is InChI=1S/C30H29F3N6O3/c1-19-5-6-24(37-29(41)36-23-4-2-3-22(14-23)30(31,32)33)15-27(19)39-18-21(16-35-39)25-17-34-10-7-26(25)38-28(40)13-20-8-11-42-12-9-20/h2-7,10,14-18,20H,8-9,11-13H2,1H3,(H,34,38,40)(H2,36,37,41). The molecule has 0 radical (unpaired) electrons. The van der Waals surface area contributed by atoms with E-state index in [1.165, 1.54) is 12.1 Å². The van der Waals surface area contributed by atoms with E-state index >= 15 is 0 Å². The van der Waals surface area contributed by atoms with Crippen LogP contribution in [0.3, 0.4) is 0 Å². The number of hydrogen-bond acceptors (Lipinski definition) is 5. The molecule has 0 aliphatic carbocycles. The average molecular weight is 579 g/mol. The molecule has 9 nitrogen and oxygen atoms in total. The molecule has 1 fully saturated rings. The van der Waals surface area contributed by atoms with Gasteiger partial charge in [0, 0.05) is 60.7 Å². The van der Waals surface area contributed by atoms with Crippen molar-refractivity contribution < 1.29 is 27.5 Å². The van der Waals surface area contributed by atoms with Crippen LogP contribution in [0.25, 0.3) is 16.8 Å². The maximum atomic E-state index is 13.0. The lowest BCUT2D eigenvalue weighted by Crippen LogP contribution is -2.22. The number of nitrogens with zero attached hydrogens (tertiary/aromatic N) is 3. The van der Waals surface area contributed by atoms with Crippen LogP contribution in [0.4, 0.5) is 35.0 Å². The fourth-order valence-electron chi connectivity index (χ4n) is 4.74. The number of aromatic nitrogens is 3. The Labute approximate surface area is 240 Å². The number of ether oxygens (including phenoxy) is 1. The topological polar surface area (TPSA) is 110 Å². The number of aryl methyl sites for hydroxylation is 1. The van der Waals surface area contributed by atoms with Crippen molar-refractivity contribution in [3.8, 4) is 16.8 Å². The van der Waals surface area contributed by atoms with Gasteiger partial charge in [0.2, 0.25) is 5.91 Å². The molecule has 0 bridgehead atoms. The molecule has 2 aromatic carbocycles. The first-order valence-corrected chi connectivity index (χ1v) is 13.4. The first-order chi connectivity index (χ1) is 20.2. The van der Waals surface area contributed by atoms with Crippen molar-refractivity contribution in [3.63, 3.8) is 0 Å². The SMILES string of the molecule is Cc1ccc(NC(=O)Nc2cccc(C(F)(F)F)c2)cc1-n1cc(-c2cnccc2NC(=O)CC2CCOCC2)cn1. The van der Waals surface area contributed by atoms with Gasteiger partial charge in [-0.15, -0.1) is 0 Å². The van der Waals surface area contributed by atoms with Gasteiger partial charge in [0.15, 0.2) is 0 Å². The Kier molecular flexibility index (Phi) is 8.53. The molecule has 0 saturated carbocycles. The van der Waals surface area contributed by atoms with Gasteiger partial charge < -0.3 is 20.7 Å². The number of alkyl halides is 3. The number of anilines is 3. The summed E-state index contributed by atoms with van der Waals surface area (Å²) in [7, 11) is 0. The Morgan fingerprint density at radius 2 is 1.76 bits per heavy atom. The second-order valence-electron chi connectivity index (χ2n) is 10.1. The number of nitrogens with one attached hydrogen (secondary N) is 3. The van der Waals surface area contributed by atoms with Gasteiger partial charge in [-0.1, -0.05) is 12.1 Å². The third-order valence-electron chi connectivity index (χ3n) is 6.97. The van der Waals surface area contributed by atoms with Gasteiger partial charge in [-0.2, -0.15) is 18.3 Å². The van der Waals surface area contributed by atoms with Crippen LogP contribution in [0.5, 0.6) is 0 Å². The van der Waals surface area contributed by atoms with E-state index in [2.05, 4.69) is 26.0 Å². The minimum atomic E-state index is -4.52. The van der Waals surface area contributed by atoms with E-state index in [1.807, 2.05) is 6.92 Å². The number of pyridine rings is 1. The minimum Gasteiger partial charge on any atom is -0.381 e. The summed E-state index contributed by atoms with van der Waals surface area (Å²) < 4.78 is 46.0. The van der Waals surface area contributed by atoms with Crippen molar-refractivity contribution in [1.82, 2.24) is 14.8 Å². The fraction of sp³-hybridized carbons (Fsp3) is 0.267. The van der Waals surface area contributed by atoms with E-state index in [0.29, 0.717) is 48.2 Å². The van der Waals surface area contributed by atoms with Crippen molar-refractivity contribution in [2.45, 2.75) is 32.4 Å². The van der Waals surface area contributed by atoms with Crippen molar-refractivity contribution in [2.75, 3.05) is 29.2 Å². The van der Waals surface area contributed by atoms with E-state index in [9.17, 15) is 22.8 Å². The Morgan fingerprint density at radius 1 is 1.00 bits per heavy atom. The first-order valence-electron chi connectivity index (χ1n) is 13.4. The predicted molar refractivity (Wildman–Crippen MR) is 152 cm³/mol. The number of hydrogen-bond donors (Lipinski definition) is 3. The number of halogens is 3. The first kappa shape index (κ1) is 28.8. The second-order valence-corrected chi connectivity index (χ2v) is 10.1. The van der Waals surface area contributed by atoms with E-state index in [1.54, 1.807) is 53.7 Å². The molecule has 42 heavy (non-hydrogen) atoms. The molecule has 2 aromatic heterocycles. The molecule has 0 atom stereocenters. The highest BCUT2D eigenvalue weighted by Gasteiger charge is 2.30. The number of carbonyl (C=O) groups is 2. The number of amides is 3. The normalized spacial score (nSPS) is 13.9. The van der Waals surface area contributed by atoms with Crippen LogP contribution in [0.2, 0.25) is 0 Å². The summed E-state index contributed by atoms with van der Waals surface area (Å²) in [4.78, 5) is 29.5. The smallest absolute Gasteiger partial charge is 0.381 e. The molecular formula is C30H29F3N6O3. The quantitative estimate of drug-likeness (QED) is 0.227. The lowest BCUT2D eigenvalue weighted by Gasteiger charge is -2.21. The van der Waals surface area contributed by atoms with Gasteiger partial charge in [0.05, 0.1) is 23.1 Å². The molecule has 5 rings (SSSR count). The highest BCUT2D eigenvalue weighted by Crippen LogP contribution is 2.31. The van der Waals surface area contributed by atoms with Crippen LogP contribution in [-0.4, -0.2) is 39.9 Å². The summed E-state index contributed by atoms with van der Waals surface area (Å²) in [5.74, 6) is 0.225. The molecule has 1 saturated heterocycles. The fourth-order valence-corrected chi connectivity index (χ4v) is 4.74. The molecule has 218 valence electrons. The Bertz CT molecular complexity index is 1580. The summed E-state index contributed by atoms with van der Waals surface area (Å²) in [6.07, 6.45) is 4.36.